The van der Waals surface area contributed by atoms with Gasteiger partial charge in [0, 0.05) is 26.2 Å². The average molecular weight is 390 g/mol. The summed E-state index contributed by atoms with van der Waals surface area (Å²) in [7, 11) is 0. The summed E-state index contributed by atoms with van der Waals surface area (Å²) >= 11 is 13.9. The van der Waals surface area contributed by atoms with E-state index < -0.39 is 6.04 Å². The second-order valence-corrected chi connectivity index (χ2v) is 7.40. The highest BCUT2D eigenvalue weighted by molar-refractivity contribution is 7.98. The number of thioether (sulfide) groups is 1. The number of carbonyl (C=O) groups is 2. The summed E-state index contributed by atoms with van der Waals surface area (Å²) in [6.45, 7) is 1.84. The van der Waals surface area contributed by atoms with Crippen LogP contribution in [0.2, 0.25) is 10.0 Å². The Hall–Kier alpha value is -0.950. The minimum absolute atomic E-state index is 0.0491. The molecule has 1 aromatic rings. The Balaban J connectivity index is 1.95. The highest BCUT2D eigenvalue weighted by Gasteiger charge is 2.28. The average Bonchev–Trinajstić information content (AvgIpc) is 2.58. The third-order valence-electron chi connectivity index (χ3n) is 4.01. The summed E-state index contributed by atoms with van der Waals surface area (Å²) < 4.78 is 0. The Morgan fingerprint density at radius 1 is 1.17 bits per heavy atom. The molecule has 0 radical (unpaired) electrons. The van der Waals surface area contributed by atoms with E-state index in [0.717, 1.165) is 5.75 Å². The van der Waals surface area contributed by atoms with Crippen LogP contribution in [0.5, 0.6) is 0 Å². The molecule has 24 heavy (non-hydrogen) atoms. The van der Waals surface area contributed by atoms with Crippen molar-refractivity contribution < 1.29 is 9.59 Å². The van der Waals surface area contributed by atoms with Crippen molar-refractivity contribution >= 4 is 46.8 Å². The van der Waals surface area contributed by atoms with Gasteiger partial charge in [0.15, 0.2) is 0 Å². The van der Waals surface area contributed by atoms with Gasteiger partial charge in [0.05, 0.1) is 21.7 Å². The van der Waals surface area contributed by atoms with Gasteiger partial charge < -0.3 is 15.5 Å². The van der Waals surface area contributed by atoms with Gasteiger partial charge in [-0.1, -0.05) is 29.3 Å². The molecule has 5 nitrogen and oxygen atoms in total. The Labute approximate surface area is 156 Å². The van der Waals surface area contributed by atoms with E-state index in [1.165, 1.54) is 0 Å². The van der Waals surface area contributed by atoms with Crippen molar-refractivity contribution in [2.24, 2.45) is 5.73 Å². The third kappa shape index (κ3) is 4.57. The molecule has 1 atom stereocenters. The van der Waals surface area contributed by atoms with Gasteiger partial charge in [-0.2, -0.15) is 11.8 Å². The van der Waals surface area contributed by atoms with Crippen LogP contribution in [0, 0.1) is 0 Å². The number of hydrogen-bond donors (Lipinski definition) is 1. The van der Waals surface area contributed by atoms with Crippen LogP contribution in [-0.4, -0.2) is 65.8 Å². The second kappa shape index (κ2) is 8.94. The maximum Gasteiger partial charge on any atom is 0.257 e. The monoisotopic (exact) mass is 389 g/mol. The zero-order valence-electron chi connectivity index (χ0n) is 13.5. The molecule has 0 bridgehead atoms. The third-order valence-corrected chi connectivity index (χ3v) is 5.28. The number of amides is 2. The van der Waals surface area contributed by atoms with E-state index in [0.29, 0.717) is 48.2 Å². The highest BCUT2D eigenvalue weighted by Crippen LogP contribution is 2.26. The molecule has 1 aliphatic heterocycles. The molecular formula is C16H21Cl2N3O2S. The van der Waals surface area contributed by atoms with Crippen LogP contribution in [0.25, 0.3) is 0 Å². The van der Waals surface area contributed by atoms with Crippen LogP contribution in [0.4, 0.5) is 0 Å². The largest absolute Gasteiger partial charge is 0.338 e. The number of carbonyl (C=O) groups excluding carboxylic acids is 2. The van der Waals surface area contributed by atoms with Crippen molar-refractivity contribution in [3.8, 4) is 0 Å². The molecule has 1 saturated heterocycles. The van der Waals surface area contributed by atoms with Crippen molar-refractivity contribution in [3.05, 3.63) is 33.8 Å². The summed E-state index contributed by atoms with van der Waals surface area (Å²) in [6, 6.07) is 4.52. The fraction of sp³-hybridized carbons (Fsp3) is 0.500. The molecule has 0 spiro atoms. The standard InChI is InChI=1S/C16H21Cl2N3O2S/c1-24-10-5-13(19)15(22)20-6-8-21(9-7-20)16(23)14-11(17)3-2-4-12(14)18/h2-4,13H,5-10,19H2,1H3/t13-/m0/s1. The van der Waals surface area contributed by atoms with E-state index in [1.807, 2.05) is 6.26 Å². The summed E-state index contributed by atoms with van der Waals surface area (Å²) in [5.41, 5.74) is 6.26. The predicted molar refractivity (Wildman–Crippen MR) is 99.9 cm³/mol. The molecule has 0 saturated carbocycles. The number of piperazine rings is 1. The van der Waals surface area contributed by atoms with Crippen molar-refractivity contribution in [2.75, 3.05) is 38.2 Å². The van der Waals surface area contributed by atoms with Crippen LogP contribution < -0.4 is 5.73 Å². The zero-order chi connectivity index (χ0) is 17.7. The summed E-state index contributed by atoms with van der Waals surface area (Å²) in [6.07, 6.45) is 2.65. The summed E-state index contributed by atoms with van der Waals surface area (Å²) in [4.78, 5) is 28.3. The van der Waals surface area contributed by atoms with Gasteiger partial charge in [-0.05, 0) is 30.6 Å². The van der Waals surface area contributed by atoms with Gasteiger partial charge in [-0.3, -0.25) is 9.59 Å². The van der Waals surface area contributed by atoms with Gasteiger partial charge >= 0.3 is 0 Å². The van der Waals surface area contributed by atoms with E-state index >= 15 is 0 Å². The van der Waals surface area contributed by atoms with Gasteiger partial charge in [0.25, 0.3) is 5.91 Å². The predicted octanol–water partition coefficient (Wildman–Crippen LogP) is 2.36. The van der Waals surface area contributed by atoms with Crippen LogP contribution >= 0.6 is 35.0 Å². The van der Waals surface area contributed by atoms with E-state index in [1.54, 1.807) is 39.8 Å². The first-order valence-corrected chi connectivity index (χ1v) is 9.87. The first-order valence-electron chi connectivity index (χ1n) is 7.72. The number of rotatable bonds is 5. The normalized spacial score (nSPS) is 16.2. The number of halogens is 2. The van der Waals surface area contributed by atoms with E-state index in [-0.39, 0.29) is 11.8 Å². The Kier molecular flexibility index (Phi) is 7.22. The number of hydrogen-bond acceptors (Lipinski definition) is 4. The smallest absolute Gasteiger partial charge is 0.257 e. The van der Waals surface area contributed by atoms with Crippen molar-refractivity contribution in [3.63, 3.8) is 0 Å². The minimum atomic E-state index is -0.474. The number of benzene rings is 1. The molecule has 1 fully saturated rings. The van der Waals surface area contributed by atoms with E-state index in [4.69, 9.17) is 28.9 Å². The van der Waals surface area contributed by atoms with Crippen LogP contribution in [0.3, 0.4) is 0 Å². The van der Waals surface area contributed by atoms with E-state index in [9.17, 15) is 9.59 Å². The Morgan fingerprint density at radius 3 is 2.25 bits per heavy atom. The molecule has 8 heteroatoms. The highest BCUT2D eigenvalue weighted by atomic mass is 35.5. The quantitative estimate of drug-likeness (QED) is 0.838. The molecule has 2 N–H and O–H groups in total. The lowest BCUT2D eigenvalue weighted by Crippen LogP contribution is -2.54. The first-order chi connectivity index (χ1) is 11.5. The molecule has 0 aliphatic carbocycles. The van der Waals surface area contributed by atoms with Crippen LogP contribution in [0.1, 0.15) is 16.8 Å². The Bertz CT molecular complexity index is 587. The fourth-order valence-electron chi connectivity index (χ4n) is 2.59. The van der Waals surface area contributed by atoms with E-state index in [2.05, 4.69) is 0 Å². The molecule has 2 amide bonds. The van der Waals surface area contributed by atoms with Crippen LogP contribution in [0.15, 0.2) is 18.2 Å². The zero-order valence-corrected chi connectivity index (χ0v) is 15.8. The van der Waals surface area contributed by atoms with Crippen molar-refractivity contribution in [2.45, 2.75) is 12.5 Å². The molecule has 132 valence electrons. The van der Waals surface area contributed by atoms with Gasteiger partial charge in [0.1, 0.15) is 0 Å². The maximum absolute atomic E-state index is 12.6. The lowest BCUT2D eigenvalue weighted by molar-refractivity contribution is -0.134. The first kappa shape index (κ1) is 19.4. The molecule has 0 aromatic heterocycles. The summed E-state index contributed by atoms with van der Waals surface area (Å²) in [5, 5.41) is 0.676. The lowest BCUT2D eigenvalue weighted by atomic mass is 10.1. The molecule has 1 aliphatic rings. The second-order valence-electron chi connectivity index (χ2n) is 5.60. The fourth-order valence-corrected chi connectivity index (χ4v) is 3.64. The van der Waals surface area contributed by atoms with Gasteiger partial charge in [-0.15, -0.1) is 0 Å². The molecule has 0 unspecified atom stereocenters. The summed E-state index contributed by atoms with van der Waals surface area (Å²) in [5.74, 6) is 0.604. The molecule has 1 aromatic carbocycles. The van der Waals surface area contributed by atoms with Gasteiger partial charge in [-0.25, -0.2) is 0 Å². The molecule has 1 heterocycles. The van der Waals surface area contributed by atoms with Gasteiger partial charge in [0.2, 0.25) is 5.91 Å². The molecular weight excluding hydrogens is 369 g/mol. The van der Waals surface area contributed by atoms with Crippen molar-refractivity contribution in [1.29, 1.82) is 0 Å². The van der Waals surface area contributed by atoms with Crippen molar-refractivity contribution in [1.82, 2.24) is 9.80 Å². The van der Waals surface area contributed by atoms with Crippen LogP contribution in [-0.2, 0) is 4.79 Å². The number of nitrogens with zero attached hydrogens (tertiary/aromatic N) is 2. The Morgan fingerprint density at radius 2 is 1.71 bits per heavy atom. The SMILES string of the molecule is CSCC[C@H](N)C(=O)N1CCN(C(=O)c2c(Cl)cccc2Cl)CC1. The topological polar surface area (TPSA) is 66.6 Å². The molecule has 2 rings (SSSR count). The lowest BCUT2D eigenvalue weighted by Gasteiger charge is -2.36. The number of nitrogens with two attached hydrogens (primary N) is 1. The maximum atomic E-state index is 12.6. The minimum Gasteiger partial charge on any atom is -0.338 e.